The van der Waals surface area contributed by atoms with E-state index in [-0.39, 0.29) is 5.56 Å². The highest BCUT2D eigenvalue weighted by Gasteiger charge is 2.07. The second-order valence-corrected chi connectivity index (χ2v) is 4.95. The third-order valence-electron chi connectivity index (χ3n) is 2.71. The number of rotatable bonds is 3. The summed E-state index contributed by atoms with van der Waals surface area (Å²) in [6.07, 6.45) is 1.15. The van der Waals surface area contributed by atoms with Crippen molar-refractivity contribution < 1.29 is 0 Å². The molecule has 2 aromatic rings. The number of aromatic nitrogens is 2. The fourth-order valence-corrected chi connectivity index (χ4v) is 2.28. The molecule has 0 atom stereocenters. The zero-order chi connectivity index (χ0) is 13.1. The average molecular weight is 308 g/mol. The van der Waals surface area contributed by atoms with Gasteiger partial charge in [0.1, 0.15) is 11.6 Å². The van der Waals surface area contributed by atoms with Gasteiger partial charge in [-0.2, -0.15) is 0 Å². The minimum absolute atomic E-state index is 0.144. The lowest BCUT2D eigenvalue weighted by Crippen LogP contribution is -2.19. The van der Waals surface area contributed by atoms with Crippen molar-refractivity contribution in [3.63, 3.8) is 0 Å². The van der Waals surface area contributed by atoms with Crippen LogP contribution in [-0.2, 0) is 12.8 Å². The van der Waals surface area contributed by atoms with Gasteiger partial charge in [-0.3, -0.25) is 4.79 Å². The second kappa shape index (κ2) is 5.35. The fraction of sp³-hybridized carbons (Fsp3) is 0.231. The summed E-state index contributed by atoms with van der Waals surface area (Å²) in [5, 5.41) is 0. The van der Waals surface area contributed by atoms with E-state index in [1.165, 1.54) is 0 Å². The first-order valence-corrected chi connectivity index (χ1v) is 6.51. The maximum Gasteiger partial charge on any atom is 0.256 e. The van der Waals surface area contributed by atoms with Crippen LogP contribution in [0.25, 0.3) is 0 Å². The molecular formula is C13H14BrN3O. The van der Waals surface area contributed by atoms with E-state index < -0.39 is 0 Å². The van der Waals surface area contributed by atoms with Crippen molar-refractivity contribution in [2.24, 2.45) is 0 Å². The van der Waals surface area contributed by atoms with Crippen LogP contribution in [0.15, 0.2) is 33.5 Å². The first-order valence-electron chi connectivity index (χ1n) is 5.72. The number of halogens is 1. The van der Waals surface area contributed by atoms with E-state index in [0.29, 0.717) is 30.0 Å². The molecule has 0 aliphatic rings. The maximum atomic E-state index is 11.8. The van der Waals surface area contributed by atoms with Gasteiger partial charge in [-0.05, 0) is 24.1 Å². The SMILES string of the molecule is CCc1c(N)nc(Cc2cccc(Br)c2)[nH]c1=O. The van der Waals surface area contributed by atoms with Crippen molar-refractivity contribution in [2.75, 3.05) is 5.73 Å². The summed E-state index contributed by atoms with van der Waals surface area (Å²) in [6.45, 7) is 1.89. The second-order valence-electron chi connectivity index (χ2n) is 4.04. The summed E-state index contributed by atoms with van der Waals surface area (Å²) >= 11 is 3.41. The number of hydrogen-bond acceptors (Lipinski definition) is 3. The van der Waals surface area contributed by atoms with E-state index in [1.807, 2.05) is 31.2 Å². The van der Waals surface area contributed by atoms with Gasteiger partial charge >= 0.3 is 0 Å². The molecular weight excluding hydrogens is 294 g/mol. The van der Waals surface area contributed by atoms with Crippen LogP contribution in [0.2, 0.25) is 0 Å². The molecule has 0 saturated carbocycles. The molecule has 94 valence electrons. The third kappa shape index (κ3) is 2.79. The van der Waals surface area contributed by atoms with Crippen LogP contribution in [0.3, 0.4) is 0 Å². The van der Waals surface area contributed by atoms with Gasteiger partial charge in [-0.25, -0.2) is 4.98 Å². The van der Waals surface area contributed by atoms with Gasteiger partial charge < -0.3 is 10.7 Å². The molecule has 0 saturated heterocycles. The molecule has 0 unspecified atom stereocenters. The van der Waals surface area contributed by atoms with Crippen molar-refractivity contribution in [2.45, 2.75) is 19.8 Å². The Morgan fingerprint density at radius 2 is 2.22 bits per heavy atom. The third-order valence-corrected chi connectivity index (χ3v) is 3.20. The van der Waals surface area contributed by atoms with Crippen LogP contribution in [0.4, 0.5) is 5.82 Å². The van der Waals surface area contributed by atoms with Gasteiger partial charge in [0.15, 0.2) is 0 Å². The molecule has 0 amide bonds. The number of anilines is 1. The Bertz CT molecular complexity index is 622. The predicted octanol–water partition coefficient (Wildman–Crippen LogP) is 2.27. The number of aromatic amines is 1. The number of H-pyrrole nitrogens is 1. The Balaban J connectivity index is 2.33. The Morgan fingerprint density at radius 3 is 2.83 bits per heavy atom. The first kappa shape index (κ1) is 12.8. The molecule has 0 aliphatic heterocycles. The molecule has 3 N–H and O–H groups in total. The fourth-order valence-electron chi connectivity index (χ4n) is 1.83. The number of nitrogen functional groups attached to an aromatic ring is 1. The number of nitrogens with zero attached hydrogens (tertiary/aromatic N) is 1. The number of hydrogen-bond donors (Lipinski definition) is 2. The van der Waals surface area contributed by atoms with E-state index in [4.69, 9.17) is 5.73 Å². The molecule has 0 aliphatic carbocycles. The largest absolute Gasteiger partial charge is 0.383 e. The monoisotopic (exact) mass is 307 g/mol. The smallest absolute Gasteiger partial charge is 0.256 e. The van der Waals surface area contributed by atoms with Crippen LogP contribution in [0.5, 0.6) is 0 Å². The topological polar surface area (TPSA) is 71.8 Å². The molecule has 1 aromatic carbocycles. The van der Waals surface area contributed by atoms with Crippen molar-refractivity contribution >= 4 is 21.7 Å². The predicted molar refractivity (Wildman–Crippen MR) is 75.6 cm³/mol. The minimum atomic E-state index is -0.144. The van der Waals surface area contributed by atoms with Crippen molar-refractivity contribution in [3.05, 3.63) is 56.0 Å². The van der Waals surface area contributed by atoms with E-state index in [0.717, 1.165) is 10.0 Å². The van der Waals surface area contributed by atoms with Gasteiger partial charge in [0.2, 0.25) is 0 Å². The van der Waals surface area contributed by atoms with Gasteiger partial charge in [-0.15, -0.1) is 0 Å². The number of nitrogens with two attached hydrogens (primary N) is 1. The Kier molecular flexibility index (Phi) is 3.81. The first-order chi connectivity index (χ1) is 8.60. The molecule has 18 heavy (non-hydrogen) atoms. The molecule has 0 spiro atoms. The Labute approximate surface area is 113 Å². The van der Waals surface area contributed by atoms with Gasteiger partial charge in [0.25, 0.3) is 5.56 Å². The summed E-state index contributed by atoms with van der Waals surface area (Å²) in [7, 11) is 0. The highest BCUT2D eigenvalue weighted by Crippen LogP contribution is 2.14. The van der Waals surface area contributed by atoms with Crippen molar-refractivity contribution in [3.8, 4) is 0 Å². The molecule has 1 aromatic heterocycles. The summed E-state index contributed by atoms with van der Waals surface area (Å²) < 4.78 is 1.00. The summed E-state index contributed by atoms with van der Waals surface area (Å²) in [5.41, 5.74) is 7.25. The highest BCUT2D eigenvalue weighted by molar-refractivity contribution is 9.10. The van der Waals surface area contributed by atoms with Crippen LogP contribution in [0, 0.1) is 0 Å². The van der Waals surface area contributed by atoms with Crippen LogP contribution in [0.1, 0.15) is 23.9 Å². The normalized spacial score (nSPS) is 10.6. The average Bonchev–Trinajstić information content (AvgIpc) is 2.28. The van der Waals surface area contributed by atoms with E-state index in [9.17, 15) is 4.79 Å². The molecule has 2 rings (SSSR count). The lowest BCUT2D eigenvalue weighted by atomic mass is 10.1. The highest BCUT2D eigenvalue weighted by atomic mass is 79.9. The van der Waals surface area contributed by atoms with Crippen molar-refractivity contribution in [1.82, 2.24) is 9.97 Å². The van der Waals surface area contributed by atoms with Gasteiger partial charge in [0, 0.05) is 10.9 Å². The quantitative estimate of drug-likeness (QED) is 0.913. The number of benzene rings is 1. The number of nitrogens with one attached hydrogen (secondary N) is 1. The molecule has 0 fully saturated rings. The molecule has 4 nitrogen and oxygen atoms in total. The molecule has 1 heterocycles. The zero-order valence-corrected chi connectivity index (χ0v) is 11.6. The summed E-state index contributed by atoms with van der Waals surface area (Å²) in [6, 6.07) is 7.87. The van der Waals surface area contributed by atoms with Crippen LogP contribution in [-0.4, -0.2) is 9.97 Å². The zero-order valence-electron chi connectivity index (χ0n) is 10.0. The van der Waals surface area contributed by atoms with E-state index >= 15 is 0 Å². The molecule has 0 bridgehead atoms. The van der Waals surface area contributed by atoms with E-state index in [1.54, 1.807) is 0 Å². The van der Waals surface area contributed by atoms with Gasteiger partial charge in [-0.1, -0.05) is 35.0 Å². The molecule has 0 radical (unpaired) electrons. The maximum absolute atomic E-state index is 11.8. The Morgan fingerprint density at radius 1 is 1.44 bits per heavy atom. The summed E-state index contributed by atoms with van der Waals surface area (Å²) in [4.78, 5) is 18.8. The lowest BCUT2D eigenvalue weighted by molar-refractivity contribution is 0.916. The van der Waals surface area contributed by atoms with Gasteiger partial charge in [0.05, 0.1) is 5.56 Å². The lowest BCUT2D eigenvalue weighted by Gasteiger charge is -2.05. The standard InChI is InChI=1S/C13H14BrN3O/c1-2-10-12(15)16-11(17-13(10)18)7-8-4-3-5-9(14)6-8/h3-6H,2,7H2,1H3,(H3,15,16,17,18). The Hall–Kier alpha value is -1.62. The minimum Gasteiger partial charge on any atom is -0.383 e. The summed E-state index contributed by atoms with van der Waals surface area (Å²) in [5.74, 6) is 0.916. The van der Waals surface area contributed by atoms with E-state index in [2.05, 4.69) is 25.9 Å². The van der Waals surface area contributed by atoms with Crippen LogP contribution >= 0.6 is 15.9 Å². The molecule has 5 heteroatoms. The van der Waals surface area contributed by atoms with Crippen molar-refractivity contribution in [1.29, 1.82) is 0 Å². The van der Waals surface area contributed by atoms with Crippen LogP contribution < -0.4 is 11.3 Å².